The number of ether oxygens (including phenoxy) is 1. The van der Waals surface area contributed by atoms with E-state index in [0.29, 0.717) is 5.71 Å². The van der Waals surface area contributed by atoms with E-state index >= 15 is 0 Å². The lowest BCUT2D eigenvalue weighted by Gasteiger charge is -2.11. The summed E-state index contributed by atoms with van der Waals surface area (Å²) in [4.78, 5) is 23.0. The third-order valence-corrected chi connectivity index (χ3v) is 2.66. The molecule has 0 aromatic heterocycles. The Labute approximate surface area is 105 Å². The van der Waals surface area contributed by atoms with Gasteiger partial charge in [-0.15, -0.1) is 0 Å². The average molecular weight is 246 g/mol. The zero-order chi connectivity index (χ0) is 13.1. The molecule has 0 radical (unpaired) electrons. The SMILES string of the molecule is COC(=O)CC1=NN(c2cccc(C)c2)C(=O)C1. The van der Waals surface area contributed by atoms with Crippen molar-refractivity contribution in [2.24, 2.45) is 5.10 Å². The number of hydrogen-bond donors (Lipinski definition) is 0. The fraction of sp³-hybridized carbons (Fsp3) is 0.308. The Morgan fingerprint density at radius 3 is 2.94 bits per heavy atom. The van der Waals surface area contributed by atoms with Gasteiger partial charge in [0.1, 0.15) is 0 Å². The van der Waals surface area contributed by atoms with Crippen LogP contribution in [0.15, 0.2) is 29.4 Å². The summed E-state index contributed by atoms with van der Waals surface area (Å²) in [7, 11) is 1.32. The minimum absolute atomic E-state index is 0.0601. The van der Waals surface area contributed by atoms with Crippen molar-refractivity contribution >= 4 is 23.3 Å². The first kappa shape index (κ1) is 12.3. The molecule has 0 saturated carbocycles. The Hall–Kier alpha value is -2.17. The summed E-state index contributed by atoms with van der Waals surface area (Å²) >= 11 is 0. The molecule has 1 aliphatic rings. The molecule has 0 unspecified atom stereocenters. The lowest BCUT2D eigenvalue weighted by Crippen LogP contribution is -2.19. The largest absolute Gasteiger partial charge is 0.469 e. The Bertz CT molecular complexity index is 523. The molecule has 1 aliphatic heterocycles. The van der Waals surface area contributed by atoms with Gasteiger partial charge >= 0.3 is 5.97 Å². The van der Waals surface area contributed by atoms with E-state index in [2.05, 4.69) is 9.84 Å². The minimum Gasteiger partial charge on any atom is -0.469 e. The third kappa shape index (κ3) is 2.56. The van der Waals surface area contributed by atoms with Gasteiger partial charge < -0.3 is 4.74 Å². The van der Waals surface area contributed by atoms with E-state index in [1.54, 1.807) is 0 Å². The van der Waals surface area contributed by atoms with Crippen LogP contribution in [0.5, 0.6) is 0 Å². The number of carbonyl (C=O) groups excluding carboxylic acids is 2. The summed E-state index contributed by atoms with van der Waals surface area (Å²) in [6.07, 6.45) is 0.230. The molecule has 0 spiro atoms. The van der Waals surface area contributed by atoms with Crippen LogP contribution in [0.1, 0.15) is 18.4 Å². The van der Waals surface area contributed by atoms with E-state index in [9.17, 15) is 9.59 Å². The number of methoxy groups -OCH3 is 1. The molecule has 0 fully saturated rings. The van der Waals surface area contributed by atoms with Crippen LogP contribution in [0.3, 0.4) is 0 Å². The van der Waals surface area contributed by atoms with Crippen molar-refractivity contribution in [3.8, 4) is 0 Å². The first-order valence-electron chi connectivity index (χ1n) is 5.63. The van der Waals surface area contributed by atoms with Crippen LogP contribution < -0.4 is 5.01 Å². The number of hydrogen-bond acceptors (Lipinski definition) is 4. The second-order valence-electron chi connectivity index (χ2n) is 4.14. The molecule has 1 aromatic carbocycles. The molecular weight excluding hydrogens is 232 g/mol. The Morgan fingerprint density at radius 2 is 2.28 bits per heavy atom. The monoisotopic (exact) mass is 246 g/mol. The van der Waals surface area contributed by atoms with Crippen molar-refractivity contribution in [3.63, 3.8) is 0 Å². The molecule has 0 saturated heterocycles. The predicted molar refractivity (Wildman–Crippen MR) is 67.4 cm³/mol. The fourth-order valence-corrected chi connectivity index (χ4v) is 1.78. The van der Waals surface area contributed by atoms with Crippen LogP contribution in [-0.4, -0.2) is 24.7 Å². The van der Waals surface area contributed by atoms with Crippen molar-refractivity contribution < 1.29 is 14.3 Å². The number of benzene rings is 1. The molecule has 94 valence electrons. The van der Waals surface area contributed by atoms with Crippen LogP contribution in [0.2, 0.25) is 0 Å². The highest BCUT2D eigenvalue weighted by Gasteiger charge is 2.26. The first-order valence-corrected chi connectivity index (χ1v) is 5.63. The van der Waals surface area contributed by atoms with E-state index < -0.39 is 0 Å². The zero-order valence-electron chi connectivity index (χ0n) is 10.3. The van der Waals surface area contributed by atoms with Gasteiger partial charge in [0.2, 0.25) is 0 Å². The van der Waals surface area contributed by atoms with Crippen molar-refractivity contribution in [2.45, 2.75) is 19.8 Å². The van der Waals surface area contributed by atoms with Crippen LogP contribution >= 0.6 is 0 Å². The van der Waals surface area contributed by atoms with Crippen LogP contribution in [0.4, 0.5) is 5.69 Å². The summed E-state index contributed by atoms with van der Waals surface area (Å²) in [5.74, 6) is -0.507. The van der Waals surface area contributed by atoms with Crippen LogP contribution in [0.25, 0.3) is 0 Å². The highest BCUT2D eigenvalue weighted by molar-refractivity contribution is 6.16. The molecule has 1 amide bonds. The van der Waals surface area contributed by atoms with E-state index in [0.717, 1.165) is 11.3 Å². The summed E-state index contributed by atoms with van der Waals surface area (Å²) in [6, 6.07) is 7.51. The van der Waals surface area contributed by atoms with Crippen LogP contribution in [-0.2, 0) is 14.3 Å². The quantitative estimate of drug-likeness (QED) is 0.762. The van der Waals surface area contributed by atoms with E-state index in [4.69, 9.17) is 0 Å². The third-order valence-electron chi connectivity index (χ3n) is 2.66. The molecule has 1 aromatic rings. The van der Waals surface area contributed by atoms with Crippen molar-refractivity contribution in [2.75, 3.05) is 12.1 Å². The average Bonchev–Trinajstić information content (AvgIpc) is 2.70. The highest BCUT2D eigenvalue weighted by Crippen LogP contribution is 2.22. The second-order valence-corrected chi connectivity index (χ2v) is 4.14. The summed E-state index contributed by atoms with van der Waals surface area (Å²) in [5, 5.41) is 5.51. The molecule has 18 heavy (non-hydrogen) atoms. The molecule has 5 nitrogen and oxygen atoms in total. The van der Waals surface area contributed by atoms with Gasteiger partial charge in [0, 0.05) is 0 Å². The minimum atomic E-state index is -0.382. The number of anilines is 1. The lowest BCUT2D eigenvalue weighted by molar-refractivity contribution is -0.139. The van der Waals surface area contributed by atoms with Gasteiger partial charge in [-0.2, -0.15) is 5.10 Å². The standard InChI is InChI=1S/C13H14N2O3/c1-9-4-3-5-11(6-9)15-12(16)7-10(14-15)8-13(17)18-2/h3-6H,7-8H2,1-2H3. The van der Waals surface area contributed by atoms with Gasteiger partial charge in [-0.25, -0.2) is 5.01 Å². The number of rotatable bonds is 3. The number of nitrogens with zero attached hydrogens (tertiary/aromatic N) is 2. The summed E-state index contributed by atoms with van der Waals surface area (Å²) in [5.41, 5.74) is 2.31. The molecule has 0 aliphatic carbocycles. The molecule has 0 N–H and O–H groups in total. The van der Waals surface area contributed by atoms with Gasteiger partial charge in [0.15, 0.2) is 0 Å². The number of carbonyl (C=O) groups is 2. The van der Waals surface area contributed by atoms with Gasteiger partial charge in [-0.1, -0.05) is 12.1 Å². The first-order chi connectivity index (χ1) is 8.60. The molecule has 0 bridgehead atoms. The maximum absolute atomic E-state index is 11.8. The van der Waals surface area contributed by atoms with Crippen LogP contribution in [0, 0.1) is 6.92 Å². The number of amides is 1. The maximum Gasteiger partial charge on any atom is 0.311 e. The molecule has 5 heteroatoms. The zero-order valence-corrected chi connectivity index (χ0v) is 10.3. The van der Waals surface area contributed by atoms with Gasteiger partial charge in [-0.05, 0) is 24.6 Å². The summed E-state index contributed by atoms with van der Waals surface area (Å²) < 4.78 is 4.56. The number of hydrazone groups is 1. The Morgan fingerprint density at radius 1 is 1.50 bits per heavy atom. The normalized spacial score (nSPS) is 14.7. The highest BCUT2D eigenvalue weighted by atomic mass is 16.5. The topological polar surface area (TPSA) is 59.0 Å². The van der Waals surface area contributed by atoms with E-state index in [1.807, 2.05) is 31.2 Å². The summed E-state index contributed by atoms with van der Waals surface area (Å²) in [6.45, 7) is 1.95. The number of esters is 1. The van der Waals surface area contributed by atoms with Gasteiger partial charge in [0.05, 0.1) is 31.4 Å². The van der Waals surface area contributed by atoms with E-state index in [-0.39, 0.29) is 24.7 Å². The molecule has 0 atom stereocenters. The molecular formula is C13H14N2O3. The van der Waals surface area contributed by atoms with Gasteiger partial charge in [-0.3, -0.25) is 9.59 Å². The smallest absolute Gasteiger partial charge is 0.311 e. The second kappa shape index (κ2) is 5.00. The van der Waals surface area contributed by atoms with Crippen molar-refractivity contribution in [3.05, 3.63) is 29.8 Å². The maximum atomic E-state index is 11.8. The number of aryl methyl sites for hydroxylation is 1. The van der Waals surface area contributed by atoms with E-state index in [1.165, 1.54) is 12.1 Å². The predicted octanol–water partition coefficient (Wildman–Crippen LogP) is 1.65. The van der Waals surface area contributed by atoms with Crippen molar-refractivity contribution in [1.82, 2.24) is 0 Å². The molecule has 2 rings (SSSR count). The molecule has 1 heterocycles. The fourth-order valence-electron chi connectivity index (χ4n) is 1.78. The Balaban J connectivity index is 2.19. The van der Waals surface area contributed by atoms with Crippen molar-refractivity contribution in [1.29, 1.82) is 0 Å². The Kier molecular flexibility index (Phi) is 3.41. The van der Waals surface area contributed by atoms with Gasteiger partial charge in [0.25, 0.3) is 5.91 Å². The lowest BCUT2D eigenvalue weighted by atomic mass is 10.2.